The first-order valence-corrected chi connectivity index (χ1v) is 8.40. The van der Waals surface area contributed by atoms with Crippen LogP contribution in [0, 0.1) is 0 Å². The van der Waals surface area contributed by atoms with Crippen LogP contribution in [-0.4, -0.2) is 27.9 Å². The van der Waals surface area contributed by atoms with Gasteiger partial charge in [-0.1, -0.05) is 18.2 Å². The van der Waals surface area contributed by atoms with Crippen molar-refractivity contribution in [3.8, 4) is 11.5 Å². The van der Waals surface area contributed by atoms with Crippen LogP contribution in [0.25, 0.3) is 0 Å². The van der Waals surface area contributed by atoms with Gasteiger partial charge in [0.2, 0.25) is 0 Å². The lowest BCUT2D eigenvalue weighted by Gasteiger charge is -2.11. The molecule has 11 heteroatoms. The summed E-state index contributed by atoms with van der Waals surface area (Å²) < 4.78 is 81.6. The molecule has 0 heterocycles. The van der Waals surface area contributed by atoms with Crippen molar-refractivity contribution in [2.75, 3.05) is 0 Å². The summed E-state index contributed by atoms with van der Waals surface area (Å²) in [6.07, 6.45) is 0.893. The molecule has 140 valence electrons. The van der Waals surface area contributed by atoms with E-state index in [0.717, 1.165) is 24.4 Å². The Morgan fingerprint density at radius 1 is 0.962 bits per heavy atom. The van der Waals surface area contributed by atoms with Gasteiger partial charge in [-0.05, 0) is 24.3 Å². The fourth-order valence-corrected chi connectivity index (χ4v) is 2.63. The van der Waals surface area contributed by atoms with E-state index >= 15 is 0 Å². The number of rotatable bonds is 8. The highest BCUT2D eigenvalue weighted by atomic mass is 32.2. The summed E-state index contributed by atoms with van der Waals surface area (Å²) in [6.45, 7) is -6.38. The fraction of sp³-hybridized carbons (Fsp3) is 0.133. The first-order chi connectivity index (χ1) is 12.3. The second-order valence-electron chi connectivity index (χ2n) is 4.62. The second kappa shape index (κ2) is 8.52. The van der Waals surface area contributed by atoms with E-state index in [2.05, 4.69) is 14.6 Å². The predicted octanol–water partition coefficient (Wildman–Crippen LogP) is 3.20. The quantitative estimate of drug-likeness (QED) is 0.425. The molecule has 0 atom stereocenters. The molecular formula is C15H12F4N2O4S. The Bertz CT molecular complexity index is 861. The van der Waals surface area contributed by atoms with Crippen molar-refractivity contribution in [2.45, 2.75) is 18.1 Å². The van der Waals surface area contributed by atoms with Gasteiger partial charge in [0.25, 0.3) is 10.0 Å². The summed E-state index contributed by atoms with van der Waals surface area (Å²) in [5.74, 6) is -0.918. The monoisotopic (exact) mass is 392 g/mol. The van der Waals surface area contributed by atoms with Crippen LogP contribution < -0.4 is 14.3 Å². The molecule has 0 aromatic heterocycles. The molecule has 0 aliphatic rings. The summed E-state index contributed by atoms with van der Waals surface area (Å²) in [4.78, 5) is 1.84. The fourth-order valence-electron chi connectivity index (χ4n) is 1.81. The maximum absolute atomic E-state index is 12.5. The number of hydrogen-bond acceptors (Lipinski definition) is 5. The first-order valence-electron chi connectivity index (χ1n) is 6.91. The van der Waals surface area contributed by atoms with Gasteiger partial charge >= 0.3 is 13.2 Å². The number of halogens is 4. The van der Waals surface area contributed by atoms with E-state index < -0.39 is 34.7 Å². The zero-order chi connectivity index (χ0) is 19.2. The average molecular weight is 392 g/mol. The number of nitrogens with one attached hydrogen (secondary N) is 1. The van der Waals surface area contributed by atoms with Crippen LogP contribution in [0.3, 0.4) is 0 Å². The smallest absolute Gasteiger partial charge is 0.387 e. The summed E-state index contributed by atoms with van der Waals surface area (Å²) in [6, 6.07) is 10.3. The van der Waals surface area contributed by atoms with Crippen LogP contribution in [0.5, 0.6) is 11.5 Å². The SMILES string of the molecule is O=S(=O)(N/N=C/c1ccc(OC(F)F)cc1OC(F)F)c1ccccc1. The van der Waals surface area contributed by atoms with Crippen LogP contribution >= 0.6 is 0 Å². The van der Waals surface area contributed by atoms with E-state index in [1.807, 2.05) is 4.83 Å². The molecule has 0 bridgehead atoms. The van der Waals surface area contributed by atoms with E-state index in [1.54, 1.807) is 6.07 Å². The summed E-state index contributed by atoms with van der Waals surface area (Å²) in [7, 11) is -3.95. The summed E-state index contributed by atoms with van der Waals surface area (Å²) >= 11 is 0. The van der Waals surface area contributed by atoms with Crippen molar-refractivity contribution in [1.82, 2.24) is 4.83 Å². The zero-order valence-corrected chi connectivity index (χ0v) is 13.7. The maximum atomic E-state index is 12.5. The molecule has 0 saturated carbocycles. The first kappa shape index (κ1) is 19.5. The molecule has 0 aliphatic carbocycles. The highest BCUT2D eigenvalue weighted by molar-refractivity contribution is 7.89. The van der Waals surface area contributed by atoms with Gasteiger partial charge < -0.3 is 9.47 Å². The maximum Gasteiger partial charge on any atom is 0.387 e. The average Bonchev–Trinajstić information content (AvgIpc) is 2.56. The van der Waals surface area contributed by atoms with Gasteiger partial charge in [0.1, 0.15) is 11.5 Å². The Morgan fingerprint density at radius 3 is 2.23 bits per heavy atom. The lowest BCUT2D eigenvalue weighted by atomic mass is 10.2. The molecule has 2 aromatic rings. The molecule has 0 saturated heterocycles. The highest BCUT2D eigenvalue weighted by Gasteiger charge is 2.14. The van der Waals surface area contributed by atoms with E-state index in [-0.39, 0.29) is 10.5 Å². The van der Waals surface area contributed by atoms with E-state index in [9.17, 15) is 26.0 Å². The van der Waals surface area contributed by atoms with Crippen molar-refractivity contribution < 1.29 is 35.5 Å². The summed E-state index contributed by atoms with van der Waals surface area (Å²) in [5, 5.41) is 3.47. The molecule has 6 nitrogen and oxygen atoms in total. The molecule has 0 unspecified atom stereocenters. The van der Waals surface area contributed by atoms with Gasteiger partial charge in [-0.15, -0.1) is 0 Å². The summed E-state index contributed by atoms with van der Waals surface area (Å²) in [5.41, 5.74) is -0.0809. The van der Waals surface area contributed by atoms with E-state index in [4.69, 9.17) is 0 Å². The van der Waals surface area contributed by atoms with Crippen molar-refractivity contribution in [3.05, 3.63) is 54.1 Å². The molecule has 2 aromatic carbocycles. The Morgan fingerprint density at radius 2 is 1.62 bits per heavy atom. The highest BCUT2D eigenvalue weighted by Crippen LogP contribution is 2.26. The lowest BCUT2D eigenvalue weighted by molar-refractivity contribution is -0.0543. The van der Waals surface area contributed by atoms with Gasteiger partial charge in [0.05, 0.1) is 11.1 Å². The minimum atomic E-state index is -3.95. The second-order valence-corrected chi connectivity index (χ2v) is 6.28. The molecule has 1 N–H and O–H groups in total. The van der Waals surface area contributed by atoms with E-state index in [1.165, 1.54) is 24.3 Å². The number of hydrazone groups is 1. The number of benzene rings is 2. The molecule has 0 fully saturated rings. The third-order valence-electron chi connectivity index (χ3n) is 2.86. The van der Waals surface area contributed by atoms with E-state index in [0.29, 0.717) is 0 Å². The van der Waals surface area contributed by atoms with Gasteiger partial charge in [0.15, 0.2) is 0 Å². The largest absolute Gasteiger partial charge is 0.435 e. The molecule has 0 amide bonds. The molecular weight excluding hydrogens is 380 g/mol. The number of sulfonamides is 1. The number of ether oxygens (including phenoxy) is 2. The van der Waals surface area contributed by atoms with Gasteiger partial charge in [-0.25, -0.2) is 4.83 Å². The van der Waals surface area contributed by atoms with Crippen molar-refractivity contribution >= 4 is 16.2 Å². The van der Waals surface area contributed by atoms with Crippen molar-refractivity contribution in [3.63, 3.8) is 0 Å². The molecule has 2 rings (SSSR count). The minimum Gasteiger partial charge on any atom is -0.435 e. The zero-order valence-electron chi connectivity index (χ0n) is 12.9. The van der Waals surface area contributed by atoms with Crippen LogP contribution in [0.4, 0.5) is 17.6 Å². The molecule has 0 spiro atoms. The number of hydrogen-bond donors (Lipinski definition) is 1. The molecule has 0 radical (unpaired) electrons. The third kappa shape index (κ3) is 5.62. The van der Waals surface area contributed by atoms with Gasteiger partial charge in [0, 0.05) is 11.6 Å². The van der Waals surface area contributed by atoms with Crippen LogP contribution in [-0.2, 0) is 10.0 Å². The minimum absolute atomic E-state index is 0.0538. The Balaban J connectivity index is 2.20. The Hall–Kier alpha value is -2.82. The number of nitrogens with zero attached hydrogens (tertiary/aromatic N) is 1. The standard InChI is InChI=1S/C15H12F4N2O4S/c16-14(17)24-11-7-6-10(13(8-11)25-15(18)19)9-20-21-26(22,23)12-4-2-1-3-5-12/h1-9,14-15,21H/b20-9+. The van der Waals surface area contributed by atoms with Crippen molar-refractivity contribution in [1.29, 1.82) is 0 Å². The van der Waals surface area contributed by atoms with Crippen LogP contribution in [0.15, 0.2) is 58.5 Å². The third-order valence-corrected chi connectivity index (χ3v) is 4.09. The lowest BCUT2D eigenvalue weighted by Crippen LogP contribution is -2.18. The topological polar surface area (TPSA) is 77.0 Å². The van der Waals surface area contributed by atoms with Crippen molar-refractivity contribution in [2.24, 2.45) is 5.10 Å². The predicted molar refractivity (Wildman–Crippen MR) is 84.1 cm³/mol. The van der Waals surface area contributed by atoms with Crippen LogP contribution in [0.1, 0.15) is 5.56 Å². The van der Waals surface area contributed by atoms with Gasteiger partial charge in [-0.2, -0.15) is 31.1 Å². The Kier molecular flexibility index (Phi) is 6.39. The van der Waals surface area contributed by atoms with Crippen LogP contribution in [0.2, 0.25) is 0 Å². The number of alkyl halides is 4. The normalized spacial score (nSPS) is 11.9. The molecule has 26 heavy (non-hydrogen) atoms. The molecule has 0 aliphatic heterocycles. The Labute approximate surface area is 146 Å². The van der Waals surface area contributed by atoms with Gasteiger partial charge in [-0.3, -0.25) is 0 Å².